The van der Waals surface area contributed by atoms with Crippen molar-refractivity contribution in [2.24, 2.45) is 10.8 Å². The van der Waals surface area contributed by atoms with Crippen molar-refractivity contribution < 1.29 is 13.6 Å². The van der Waals surface area contributed by atoms with Crippen LogP contribution in [0, 0.1) is 11.6 Å². The predicted molar refractivity (Wildman–Crippen MR) is 51.3 cm³/mol. The van der Waals surface area contributed by atoms with Crippen LogP contribution in [0.3, 0.4) is 0 Å². The zero-order valence-corrected chi connectivity index (χ0v) is 7.92. The van der Waals surface area contributed by atoms with Gasteiger partial charge < -0.3 is 5.73 Å². The summed E-state index contributed by atoms with van der Waals surface area (Å²) >= 11 is 0. The van der Waals surface area contributed by atoms with E-state index >= 15 is 0 Å². The molecule has 0 aliphatic carbocycles. The fourth-order valence-corrected chi connectivity index (χ4v) is 0.982. The molecule has 6 heteroatoms. The number of carbonyl (C=O) groups excluding carboxylic acids is 1. The SMILES string of the molecule is CC(=NNC(N)=O)c1ccc(F)cc1F. The van der Waals surface area contributed by atoms with E-state index in [-0.39, 0.29) is 11.3 Å². The summed E-state index contributed by atoms with van der Waals surface area (Å²) in [7, 11) is 0. The summed E-state index contributed by atoms with van der Waals surface area (Å²) in [5.41, 5.74) is 7.02. The maximum atomic E-state index is 13.2. The van der Waals surface area contributed by atoms with Gasteiger partial charge >= 0.3 is 6.03 Å². The molecule has 0 heterocycles. The number of amides is 2. The molecule has 0 radical (unpaired) electrons. The van der Waals surface area contributed by atoms with Gasteiger partial charge in [-0.1, -0.05) is 0 Å². The molecule has 2 amide bonds. The summed E-state index contributed by atoms with van der Waals surface area (Å²) in [5, 5.41) is 3.51. The molecule has 15 heavy (non-hydrogen) atoms. The van der Waals surface area contributed by atoms with E-state index in [4.69, 9.17) is 5.73 Å². The van der Waals surface area contributed by atoms with Crippen LogP contribution >= 0.6 is 0 Å². The lowest BCUT2D eigenvalue weighted by Crippen LogP contribution is -2.25. The Hall–Kier alpha value is -1.98. The van der Waals surface area contributed by atoms with Crippen molar-refractivity contribution in [1.29, 1.82) is 0 Å². The van der Waals surface area contributed by atoms with Gasteiger partial charge in [0, 0.05) is 11.6 Å². The van der Waals surface area contributed by atoms with Crippen molar-refractivity contribution in [1.82, 2.24) is 5.43 Å². The first-order valence-corrected chi connectivity index (χ1v) is 4.06. The normalized spacial score (nSPS) is 11.3. The second kappa shape index (κ2) is 4.50. The fraction of sp³-hybridized carbons (Fsp3) is 0.111. The molecule has 0 saturated heterocycles. The highest BCUT2D eigenvalue weighted by molar-refractivity contribution is 5.99. The van der Waals surface area contributed by atoms with E-state index in [1.54, 1.807) is 0 Å². The number of rotatable bonds is 2. The van der Waals surface area contributed by atoms with Crippen LogP contribution in [-0.4, -0.2) is 11.7 Å². The van der Waals surface area contributed by atoms with Crippen LogP contribution in [0.2, 0.25) is 0 Å². The number of primary amides is 1. The smallest absolute Gasteiger partial charge is 0.332 e. The molecule has 0 atom stereocenters. The van der Waals surface area contributed by atoms with Gasteiger partial charge in [0.1, 0.15) is 11.6 Å². The highest BCUT2D eigenvalue weighted by Gasteiger charge is 2.06. The van der Waals surface area contributed by atoms with E-state index in [2.05, 4.69) is 5.10 Å². The van der Waals surface area contributed by atoms with Crippen molar-refractivity contribution in [3.8, 4) is 0 Å². The molecule has 80 valence electrons. The number of nitrogens with two attached hydrogens (primary N) is 1. The monoisotopic (exact) mass is 213 g/mol. The molecular formula is C9H9F2N3O. The van der Waals surface area contributed by atoms with Gasteiger partial charge in [-0.15, -0.1) is 0 Å². The minimum Gasteiger partial charge on any atom is -0.350 e. The van der Waals surface area contributed by atoms with Crippen molar-refractivity contribution in [2.75, 3.05) is 0 Å². The number of halogens is 2. The highest BCUT2D eigenvalue weighted by Crippen LogP contribution is 2.10. The van der Waals surface area contributed by atoms with E-state index in [0.717, 1.165) is 12.1 Å². The maximum Gasteiger partial charge on any atom is 0.332 e. The molecule has 0 unspecified atom stereocenters. The summed E-state index contributed by atoms with van der Waals surface area (Å²) in [6.07, 6.45) is 0. The van der Waals surface area contributed by atoms with Gasteiger partial charge in [-0.05, 0) is 19.1 Å². The topological polar surface area (TPSA) is 67.5 Å². The molecule has 0 fully saturated rings. The molecular weight excluding hydrogens is 204 g/mol. The minimum absolute atomic E-state index is 0.102. The number of hydrazone groups is 1. The maximum absolute atomic E-state index is 13.2. The predicted octanol–water partition coefficient (Wildman–Crippen LogP) is 1.36. The summed E-state index contributed by atoms with van der Waals surface area (Å²) in [4.78, 5) is 10.3. The molecule has 0 saturated carbocycles. The summed E-state index contributed by atoms with van der Waals surface area (Å²) in [5.74, 6) is -1.42. The van der Waals surface area contributed by atoms with Crippen molar-refractivity contribution in [3.05, 3.63) is 35.4 Å². The Labute approximate surface area is 84.8 Å². The zero-order chi connectivity index (χ0) is 11.4. The third kappa shape index (κ3) is 3.01. The van der Waals surface area contributed by atoms with Crippen molar-refractivity contribution >= 4 is 11.7 Å². The molecule has 4 nitrogen and oxygen atoms in total. The van der Waals surface area contributed by atoms with Gasteiger partial charge in [0.05, 0.1) is 5.71 Å². The minimum atomic E-state index is -0.850. The van der Waals surface area contributed by atoms with Gasteiger partial charge in [-0.25, -0.2) is 19.0 Å². The number of urea groups is 1. The lowest BCUT2D eigenvalue weighted by Gasteiger charge is -2.02. The van der Waals surface area contributed by atoms with Crippen LogP contribution in [0.5, 0.6) is 0 Å². The lowest BCUT2D eigenvalue weighted by atomic mass is 10.1. The molecule has 1 aromatic carbocycles. The Morgan fingerprint density at radius 1 is 1.47 bits per heavy atom. The zero-order valence-electron chi connectivity index (χ0n) is 7.92. The molecule has 3 N–H and O–H groups in total. The van der Waals surface area contributed by atoms with E-state index in [0.29, 0.717) is 0 Å². The second-order valence-corrected chi connectivity index (χ2v) is 2.80. The third-order valence-electron chi connectivity index (χ3n) is 1.65. The number of hydrogen-bond acceptors (Lipinski definition) is 2. The van der Waals surface area contributed by atoms with Crippen LogP contribution in [0.4, 0.5) is 13.6 Å². The third-order valence-corrected chi connectivity index (χ3v) is 1.65. The van der Waals surface area contributed by atoms with Crippen molar-refractivity contribution in [3.63, 3.8) is 0 Å². The average molecular weight is 213 g/mol. The Morgan fingerprint density at radius 2 is 2.13 bits per heavy atom. The van der Waals surface area contributed by atoms with E-state index in [9.17, 15) is 13.6 Å². The Balaban J connectivity index is 2.95. The van der Waals surface area contributed by atoms with E-state index in [1.807, 2.05) is 5.43 Å². The van der Waals surface area contributed by atoms with Gasteiger partial charge in [-0.3, -0.25) is 0 Å². The van der Waals surface area contributed by atoms with Gasteiger partial charge in [0.25, 0.3) is 0 Å². The molecule has 0 aromatic heterocycles. The molecule has 1 aromatic rings. The number of nitrogens with zero attached hydrogens (tertiary/aromatic N) is 1. The highest BCUT2D eigenvalue weighted by atomic mass is 19.1. The van der Waals surface area contributed by atoms with E-state index < -0.39 is 17.7 Å². The number of benzene rings is 1. The number of hydrogen-bond donors (Lipinski definition) is 2. The van der Waals surface area contributed by atoms with Gasteiger partial charge in [0.15, 0.2) is 0 Å². The first-order chi connectivity index (χ1) is 7.00. The molecule has 0 bridgehead atoms. The summed E-state index contributed by atoms with van der Waals surface area (Å²) < 4.78 is 25.7. The lowest BCUT2D eigenvalue weighted by molar-refractivity contribution is 0.249. The Bertz CT molecular complexity index is 418. The van der Waals surface area contributed by atoms with Crippen LogP contribution in [-0.2, 0) is 0 Å². The van der Waals surface area contributed by atoms with Crippen molar-refractivity contribution in [2.45, 2.75) is 6.92 Å². The summed E-state index contributed by atoms with van der Waals surface area (Å²) in [6, 6.07) is 2.21. The standard InChI is InChI=1S/C9H9F2N3O/c1-5(13-14-9(12)15)7-3-2-6(10)4-8(7)11/h2-4H,1H3,(H3,12,14,15). The first-order valence-electron chi connectivity index (χ1n) is 4.06. The molecule has 0 aliphatic heterocycles. The summed E-state index contributed by atoms with van der Waals surface area (Å²) in [6.45, 7) is 1.46. The van der Waals surface area contributed by atoms with E-state index in [1.165, 1.54) is 13.0 Å². The van der Waals surface area contributed by atoms with Gasteiger partial charge in [-0.2, -0.15) is 5.10 Å². The molecule has 0 aliphatic rings. The van der Waals surface area contributed by atoms with Crippen LogP contribution in [0.25, 0.3) is 0 Å². The Morgan fingerprint density at radius 3 is 2.67 bits per heavy atom. The fourth-order valence-electron chi connectivity index (χ4n) is 0.982. The van der Waals surface area contributed by atoms with Gasteiger partial charge in [0.2, 0.25) is 0 Å². The molecule has 0 spiro atoms. The first kappa shape index (κ1) is 11.1. The largest absolute Gasteiger partial charge is 0.350 e. The Kier molecular flexibility index (Phi) is 3.33. The van der Waals surface area contributed by atoms with Crippen LogP contribution in [0.1, 0.15) is 12.5 Å². The van der Waals surface area contributed by atoms with Crippen LogP contribution < -0.4 is 11.2 Å². The average Bonchev–Trinajstić information content (AvgIpc) is 2.14. The second-order valence-electron chi connectivity index (χ2n) is 2.80. The number of nitrogens with one attached hydrogen (secondary N) is 1. The molecule has 1 rings (SSSR count). The number of carbonyl (C=O) groups is 1. The van der Waals surface area contributed by atoms with Crippen LogP contribution in [0.15, 0.2) is 23.3 Å². The quantitative estimate of drug-likeness (QED) is 0.565.